The van der Waals surface area contributed by atoms with Gasteiger partial charge in [-0.05, 0) is 49.4 Å². The van der Waals surface area contributed by atoms with Gasteiger partial charge in [-0.25, -0.2) is 9.13 Å². The molecule has 83 heavy (non-hydrogen) atoms. The molecule has 0 bridgehead atoms. The molecule has 0 spiro atoms. The molecular weight excluding hydrogens is 1100 g/mol. The number of aliphatic hydroxyl groups excluding tert-OH is 1. The van der Waals surface area contributed by atoms with E-state index in [1.54, 1.807) is 0 Å². The van der Waals surface area contributed by atoms with Crippen molar-refractivity contribution in [2.24, 2.45) is 23.7 Å². The second-order valence-electron chi connectivity index (χ2n) is 24.8. The lowest BCUT2D eigenvalue weighted by Crippen LogP contribution is -2.30. The average Bonchev–Trinajstić information content (AvgIpc) is 3.43. The predicted octanol–water partition coefficient (Wildman–Crippen LogP) is 17.4. The van der Waals surface area contributed by atoms with Crippen LogP contribution in [0.3, 0.4) is 0 Å². The summed E-state index contributed by atoms with van der Waals surface area (Å²) in [5.41, 5.74) is 0. The Morgan fingerprint density at radius 1 is 0.337 bits per heavy atom. The van der Waals surface area contributed by atoms with Gasteiger partial charge in [-0.3, -0.25) is 37.3 Å². The fourth-order valence-electron chi connectivity index (χ4n) is 9.40. The molecule has 17 nitrogen and oxygen atoms in total. The molecule has 0 aliphatic rings. The van der Waals surface area contributed by atoms with Gasteiger partial charge in [-0.15, -0.1) is 0 Å². The maximum absolute atomic E-state index is 13.0. The van der Waals surface area contributed by atoms with Gasteiger partial charge in [0.15, 0.2) is 12.2 Å². The largest absolute Gasteiger partial charge is 0.472 e. The van der Waals surface area contributed by atoms with Crippen LogP contribution >= 0.6 is 15.6 Å². The van der Waals surface area contributed by atoms with Crippen LogP contribution in [0, 0.1) is 23.7 Å². The minimum Gasteiger partial charge on any atom is -0.462 e. The van der Waals surface area contributed by atoms with Gasteiger partial charge in [0.05, 0.1) is 26.4 Å². The van der Waals surface area contributed by atoms with E-state index in [2.05, 4.69) is 55.4 Å². The molecule has 0 aromatic heterocycles. The number of aliphatic hydroxyl groups is 1. The second-order valence-corrected chi connectivity index (χ2v) is 27.7. The van der Waals surface area contributed by atoms with E-state index >= 15 is 0 Å². The Labute approximate surface area is 505 Å². The molecule has 0 heterocycles. The van der Waals surface area contributed by atoms with Crippen LogP contribution in [0.5, 0.6) is 0 Å². The van der Waals surface area contributed by atoms with Crippen LogP contribution < -0.4 is 0 Å². The number of phosphoric acid groups is 2. The molecule has 0 saturated heterocycles. The smallest absolute Gasteiger partial charge is 0.462 e. The highest BCUT2D eigenvalue weighted by atomic mass is 31.2. The molecule has 6 atom stereocenters. The normalized spacial score (nSPS) is 14.8. The summed E-state index contributed by atoms with van der Waals surface area (Å²) in [5.74, 6) is 0.746. The van der Waals surface area contributed by atoms with Gasteiger partial charge >= 0.3 is 39.5 Å². The third kappa shape index (κ3) is 57.6. The van der Waals surface area contributed by atoms with Gasteiger partial charge in [0, 0.05) is 25.7 Å². The highest BCUT2D eigenvalue weighted by Gasteiger charge is 2.30. The first-order chi connectivity index (χ1) is 39.6. The van der Waals surface area contributed by atoms with Gasteiger partial charge in [0.1, 0.15) is 19.3 Å². The second kappa shape index (κ2) is 54.2. The minimum absolute atomic E-state index is 0.102. The maximum Gasteiger partial charge on any atom is 0.472 e. The molecule has 0 aliphatic heterocycles. The van der Waals surface area contributed by atoms with E-state index in [1.165, 1.54) is 103 Å². The summed E-state index contributed by atoms with van der Waals surface area (Å²) in [6.07, 6.45) is 33.7. The van der Waals surface area contributed by atoms with Crippen LogP contribution in [-0.2, 0) is 65.4 Å². The molecule has 0 fully saturated rings. The van der Waals surface area contributed by atoms with Crippen molar-refractivity contribution in [1.82, 2.24) is 0 Å². The number of unbranched alkanes of at least 4 members (excludes halogenated alkanes) is 26. The number of hydrogen-bond acceptors (Lipinski definition) is 15. The molecule has 0 aliphatic carbocycles. The molecule has 3 N–H and O–H groups in total. The zero-order valence-corrected chi connectivity index (χ0v) is 55.6. The topological polar surface area (TPSA) is 237 Å². The zero-order chi connectivity index (χ0) is 61.8. The molecule has 0 amide bonds. The monoisotopic (exact) mass is 1230 g/mol. The first-order valence-corrected chi connectivity index (χ1v) is 36.2. The number of carbonyl (C=O) groups excluding carboxylic acids is 4. The average molecular weight is 1230 g/mol. The Hall–Kier alpha value is -1.94. The lowest BCUT2D eigenvalue weighted by molar-refractivity contribution is -0.161. The molecular formula is C64H124O17P2. The van der Waals surface area contributed by atoms with Gasteiger partial charge in [-0.1, -0.05) is 254 Å². The van der Waals surface area contributed by atoms with Crippen molar-refractivity contribution in [3.05, 3.63) is 0 Å². The third-order valence-corrected chi connectivity index (χ3v) is 16.8. The first kappa shape index (κ1) is 81.1. The van der Waals surface area contributed by atoms with Crippen LogP contribution in [0.4, 0.5) is 0 Å². The molecule has 19 heteroatoms. The van der Waals surface area contributed by atoms with E-state index in [0.29, 0.717) is 37.5 Å². The summed E-state index contributed by atoms with van der Waals surface area (Å²) in [5, 5.41) is 10.5. The summed E-state index contributed by atoms with van der Waals surface area (Å²) >= 11 is 0. The van der Waals surface area contributed by atoms with E-state index in [1.807, 2.05) is 0 Å². The maximum atomic E-state index is 13.0. The fourth-order valence-corrected chi connectivity index (χ4v) is 11.0. The van der Waals surface area contributed by atoms with E-state index in [0.717, 1.165) is 108 Å². The number of esters is 4. The number of phosphoric ester groups is 2. The SMILES string of the molecule is CCC(C)CCCCCCCCCCC(=O)O[C@H](COC(=O)CCCCCCCCCCCC(C)C)COP(=O)(O)OC[C@@H](O)COP(=O)(O)OC[C@@H](COC(=O)CCCCCCCCC(C)C)OC(=O)CCCCCCCCCC(C)C. The van der Waals surface area contributed by atoms with Crippen LogP contribution in [0.25, 0.3) is 0 Å². The van der Waals surface area contributed by atoms with Crippen molar-refractivity contribution in [1.29, 1.82) is 0 Å². The van der Waals surface area contributed by atoms with E-state index in [4.69, 9.17) is 37.0 Å². The van der Waals surface area contributed by atoms with Crippen molar-refractivity contribution in [3.8, 4) is 0 Å². The quantitative estimate of drug-likeness (QED) is 0.0222. The molecule has 492 valence electrons. The predicted molar refractivity (Wildman–Crippen MR) is 331 cm³/mol. The number of carbonyl (C=O) groups is 4. The molecule has 0 aromatic rings. The first-order valence-electron chi connectivity index (χ1n) is 33.2. The van der Waals surface area contributed by atoms with Crippen molar-refractivity contribution in [3.63, 3.8) is 0 Å². The van der Waals surface area contributed by atoms with Crippen molar-refractivity contribution in [2.45, 2.75) is 324 Å². The highest BCUT2D eigenvalue weighted by molar-refractivity contribution is 7.47. The summed E-state index contributed by atoms with van der Waals surface area (Å²) in [6, 6.07) is 0. The lowest BCUT2D eigenvalue weighted by Gasteiger charge is -2.21. The van der Waals surface area contributed by atoms with E-state index in [9.17, 15) is 43.2 Å². The Bertz CT molecular complexity index is 1660. The molecule has 0 rings (SSSR count). The zero-order valence-electron chi connectivity index (χ0n) is 53.8. The molecule has 3 unspecified atom stereocenters. The summed E-state index contributed by atoms with van der Waals surface area (Å²) in [7, 11) is -9.89. The highest BCUT2D eigenvalue weighted by Crippen LogP contribution is 2.45. The lowest BCUT2D eigenvalue weighted by atomic mass is 9.99. The summed E-state index contributed by atoms with van der Waals surface area (Å²) < 4.78 is 68.0. The number of rotatable bonds is 61. The fraction of sp³-hybridized carbons (Fsp3) is 0.938. The number of ether oxygens (including phenoxy) is 4. The van der Waals surface area contributed by atoms with Crippen molar-refractivity contribution in [2.75, 3.05) is 39.6 Å². The van der Waals surface area contributed by atoms with Gasteiger partial charge < -0.3 is 33.8 Å². The van der Waals surface area contributed by atoms with Crippen LogP contribution in [0.1, 0.15) is 306 Å². The summed E-state index contributed by atoms with van der Waals surface area (Å²) in [4.78, 5) is 72.2. The third-order valence-electron chi connectivity index (χ3n) is 14.9. The Balaban J connectivity index is 5.26. The van der Waals surface area contributed by atoms with Gasteiger partial charge in [0.2, 0.25) is 0 Å². The van der Waals surface area contributed by atoms with Gasteiger partial charge in [-0.2, -0.15) is 0 Å². The molecule has 0 aromatic carbocycles. The van der Waals surface area contributed by atoms with E-state index < -0.39 is 97.5 Å². The van der Waals surface area contributed by atoms with Gasteiger partial charge in [0.25, 0.3) is 0 Å². The van der Waals surface area contributed by atoms with Crippen molar-refractivity contribution >= 4 is 39.5 Å². The van der Waals surface area contributed by atoms with Crippen LogP contribution in [0.2, 0.25) is 0 Å². The molecule has 0 radical (unpaired) electrons. The summed E-state index contributed by atoms with van der Waals surface area (Å²) in [6.45, 7) is 13.9. The van der Waals surface area contributed by atoms with E-state index in [-0.39, 0.29) is 25.7 Å². The molecule has 0 saturated carbocycles. The van der Waals surface area contributed by atoms with Crippen LogP contribution in [-0.4, -0.2) is 96.7 Å². The van der Waals surface area contributed by atoms with Crippen LogP contribution in [0.15, 0.2) is 0 Å². The standard InChI is InChI=1S/C64H124O17P2/c1-9-57(8)43-35-27-18-13-14-20-30-38-46-63(68)80-59(50-74-61(66)44-36-28-19-12-10-11-16-24-32-40-54(2)3)52-78-82(70,71)76-48-58(65)49-77-83(72,73)79-53-60(51-75-62(67)45-37-29-23-22-26-34-42-56(6)7)81-64(69)47-39-31-21-15-17-25-33-41-55(4)5/h54-60,65H,9-53H2,1-8H3,(H,70,71)(H,72,73)/t57?,58-,59-,60-/m1/s1. The Kier molecular flexibility index (Phi) is 53.0. The minimum atomic E-state index is -4.95. The van der Waals surface area contributed by atoms with Crippen molar-refractivity contribution < 1.29 is 80.2 Å². The Morgan fingerprint density at radius 3 is 0.855 bits per heavy atom. The Morgan fingerprint density at radius 2 is 0.578 bits per heavy atom. The number of hydrogen-bond donors (Lipinski definition) is 3.